The topological polar surface area (TPSA) is 0 Å². The molecule has 0 spiro atoms. The van der Waals surface area contributed by atoms with Gasteiger partial charge in [0.05, 0.1) is 0 Å². The van der Waals surface area contributed by atoms with E-state index in [9.17, 15) is 0 Å². The molecule has 0 saturated heterocycles. The van der Waals surface area contributed by atoms with E-state index in [-0.39, 0.29) is 0 Å². The molecular weight excluding hydrogens is 348 g/mol. The van der Waals surface area contributed by atoms with Crippen LogP contribution < -0.4 is 0 Å². The largest absolute Gasteiger partial charge is 0.0654 e. The average molecular weight is 391 g/mol. The van der Waals surface area contributed by atoms with Crippen molar-refractivity contribution >= 4 is 0 Å². The second-order valence-corrected chi connectivity index (χ2v) is 9.44. The predicted molar refractivity (Wildman–Crippen MR) is 129 cm³/mol. The van der Waals surface area contributed by atoms with Crippen LogP contribution in [0.3, 0.4) is 0 Å². The first kappa shape index (κ1) is 22.1. The number of benzene rings is 2. The van der Waals surface area contributed by atoms with E-state index >= 15 is 0 Å². The summed E-state index contributed by atoms with van der Waals surface area (Å²) in [5.41, 5.74) is 7.31. The SMILES string of the molecule is CCCCCc1ccc(-c2ccc([C@H]3CC[C@H](CCCCC)CC3)c(C)c2)cc1. The minimum absolute atomic E-state index is 0.785. The molecule has 0 heteroatoms. The average Bonchev–Trinajstić information content (AvgIpc) is 2.75. The van der Waals surface area contributed by atoms with Crippen LogP contribution in [0.1, 0.15) is 107 Å². The molecule has 0 nitrogen and oxygen atoms in total. The van der Waals surface area contributed by atoms with Crippen molar-refractivity contribution in [2.24, 2.45) is 5.92 Å². The lowest BCUT2D eigenvalue weighted by Crippen LogP contribution is -2.14. The molecule has 0 bridgehead atoms. The molecule has 0 atom stereocenters. The van der Waals surface area contributed by atoms with E-state index in [1.165, 1.54) is 99.3 Å². The third kappa shape index (κ3) is 6.46. The van der Waals surface area contributed by atoms with Crippen LogP contribution in [0.4, 0.5) is 0 Å². The Balaban J connectivity index is 1.58. The van der Waals surface area contributed by atoms with Crippen molar-refractivity contribution in [3.05, 3.63) is 59.2 Å². The van der Waals surface area contributed by atoms with Gasteiger partial charge in [0.2, 0.25) is 0 Å². The van der Waals surface area contributed by atoms with Gasteiger partial charge in [0.15, 0.2) is 0 Å². The van der Waals surface area contributed by atoms with Crippen LogP contribution in [0, 0.1) is 12.8 Å². The highest BCUT2D eigenvalue weighted by Crippen LogP contribution is 2.39. The summed E-state index contributed by atoms with van der Waals surface area (Å²) in [6, 6.07) is 16.5. The fourth-order valence-electron chi connectivity index (χ4n) is 5.20. The number of aryl methyl sites for hydroxylation is 2. The van der Waals surface area contributed by atoms with Gasteiger partial charge in [-0.3, -0.25) is 0 Å². The molecule has 0 aromatic heterocycles. The summed E-state index contributed by atoms with van der Waals surface area (Å²) in [6.07, 6.45) is 16.5. The van der Waals surface area contributed by atoms with Gasteiger partial charge in [-0.25, -0.2) is 0 Å². The lowest BCUT2D eigenvalue weighted by atomic mass is 9.76. The van der Waals surface area contributed by atoms with Gasteiger partial charge in [-0.05, 0) is 85.1 Å². The van der Waals surface area contributed by atoms with Crippen molar-refractivity contribution in [1.82, 2.24) is 0 Å². The van der Waals surface area contributed by atoms with E-state index in [1.807, 2.05) is 0 Å². The number of unbranched alkanes of at least 4 members (excludes halogenated alkanes) is 4. The molecule has 0 radical (unpaired) electrons. The molecule has 1 fully saturated rings. The zero-order valence-electron chi connectivity index (χ0n) is 19.2. The first-order valence-corrected chi connectivity index (χ1v) is 12.4. The standard InChI is InChI=1S/C29H42/c1-4-6-8-10-24-12-16-26(17-13-24)28-20-21-29(23(3)22-28)27-18-14-25(15-19-27)11-9-7-5-2/h12-13,16-17,20-22,25,27H,4-11,14-15,18-19H2,1-3H3/t25-,27-. The van der Waals surface area contributed by atoms with Crippen LogP contribution >= 0.6 is 0 Å². The lowest BCUT2D eigenvalue weighted by Gasteiger charge is -2.30. The molecule has 1 aliphatic rings. The second kappa shape index (κ2) is 11.6. The van der Waals surface area contributed by atoms with Gasteiger partial charge >= 0.3 is 0 Å². The number of hydrogen-bond acceptors (Lipinski definition) is 0. The van der Waals surface area contributed by atoms with Crippen LogP contribution in [-0.2, 0) is 6.42 Å². The monoisotopic (exact) mass is 390 g/mol. The van der Waals surface area contributed by atoms with Crippen molar-refractivity contribution in [3.63, 3.8) is 0 Å². The molecule has 0 N–H and O–H groups in total. The van der Waals surface area contributed by atoms with Crippen molar-refractivity contribution < 1.29 is 0 Å². The molecule has 0 unspecified atom stereocenters. The first-order valence-electron chi connectivity index (χ1n) is 12.4. The van der Waals surface area contributed by atoms with E-state index in [4.69, 9.17) is 0 Å². The van der Waals surface area contributed by atoms with Gasteiger partial charge < -0.3 is 0 Å². The molecule has 0 heterocycles. The predicted octanol–water partition coefficient (Wildman–Crippen LogP) is 9.25. The van der Waals surface area contributed by atoms with Gasteiger partial charge in [0.25, 0.3) is 0 Å². The minimum atomic E-state index is 0.785. The Bertz CT molecular complexity index is 716. The third-order valence-corrected chi connectivity index (χ3v) is 7.13. The lowest BCUT2D eigenvalue weighted by molar-refractivity contribution is 0.302. The zero-order chi connectivity index (χ0) is 20.5. The van der Waals surface area contributed by atoms with Gasteiger partial charge in [-0.1, -0.05) is 94.8 Å². The van der Waals surface area contributed by atoms with Gasteiger partial charge in [0, 0.05) is 0 Å². The molecule has 0 aliphatic heterocycles. The van der Waals surface area contributed by atoms with E-state index in [2.05, 4.69) is 63.2 Å². The summed E-state index contributed by atoms with van der Waals surface area (Å²) in [7, 11) is 0. The highest BCUT2D eigenvalue weighted by Gasteiger charge is 2.23. The zero-order valence-corrected chi connectivity index (χ0v) is 19.2. The Morgan fingerprint density at radius 2 is 1.38 bits per heavy atom. The van der Waals surface area contributed by atoms with E-state index < -0.39 is 0 Å². The van der Waals surface area contributed by atoms with Crippen LogP contribution in [0.15, 0.2) is 42.5 Å². The molecule has 0 amide bonds. The molecule has 2 aromatic rings. The Morgan fingerprint density at radius 1 is 0.724 bits per heavy atom. The smallest absolute Gasteiger partial charge is 0.0159 e. The number of hydrogen-bond donors (Lipinski definition) is 0. The van der Waals surface area contributed by atoms with Crippen LogP contribution in [0.25, 0.3) is 11.1 Å². The van der Waals surface area contributed by atoms with Crippen LogP contribution in [0.2, 0.25) is 0 Å². The summed E-state index contributed by atoms with van der Waals surface area (Å²) in [5, 5.41) is 0. The fourth-order valence-corrected chi connectivity index (χ4v) is 5.20. The van der Waals surface area contributed by atoms with Crippen LogP contribution in [0.5, 0.6) is 0 Å². The van der Waals surface area contributed by atoms with E-state index in [0.29, 0.717) is 0 Å². The third-order valence-electron chi connectivity index (χ3n) is 7.13. The molecular formula is C29H42. The summed E-state index contributed by atoms with van der Waals surface area (Å²) in [6.45, 7) is 6.91. The first-order chi connectivity index (χ1) is 14.2. The maximum atomic E-state index is 2.43. The van der Waals surface area contributed by atoms with Crippen LogP contribution in [-0.4, -0.2) is 0 Å². The fraction of sp³-hybridized carbons (Fsp3) is 0.586. The molecule has 158 valence electrons. The summed E-state index contributed by atoms with van der Waals surface area (Å²) < 4.78 is 0. The maximum absolute atomic E-state index is 2.43. The van der Waals surface area contributed by atoms with Gasteiger partial charge in [-0.2, -0.15) is 0 Å². The van der Waals surface area contributed by atoms with Gasteiger partial charge in [0.1, 0.15) is 0 Å². The Morgan fingerprint density at radius 3 is 2.03 bits per heavy atom. The molecule has 1 saturated carbocycles. The summed E-state index contributed by atoms with van der Waals surface area (Å²) in [5.74, 6) is 1.78. The molecule has 29 heavy (non-hydrogen) atoms. The maximum Gasteiger partial charge on any atom is -0.0159 e. The van der Waals surface area contributed by atoms with E-state index in [1.54, 1.807) is 5.56 Å². The van der Waals surface area contributed by atoms with Crippen molar-refractivity contribution in [2.45, 2.75) is 104 Å². The Labute approximate surface area is 180 Å². The normalized spacial score (nSPS) is 19.4. The summed E-state index contributed by atoms with van der Waals surface area (Å²) in [4.78, 5) is 0. The second-order valence-electron chi connectivity index (χ2n) is 9.44. The quantitative estimate of drug-likeness (QED) is 0.354. The summed E-state index contributed by atoms with van der Waals surface area (Å²) >= 11 is 0. The van der Waals surface area contributed by atoms with Gasteiger partial charge in [-0.15, -0.1) is 0 Å². The highest BCUT2D eigenvalue weighted by molar-refractivity contribution is 5.65. The Hall–Kier alpha value is -1.56. The van der Waals surface area contributed by atoms with Crippen molar-refractivity contribution in [1.29, 1.82) is 0 Å². The van der Waals surface area contributed by atoms with Crippen molar-refractivity contribution in [3.8, 4) is 11.1 Å². The Kier molecular flexibility index (Phi) is 8.84. The molecule has 2 aromatic carbocycles. The van der Waals surface area contributed by atoms with Crippen molar-refractivity contribution in [2.75, 3.05) is 0 Å². The molecule has 3 rings (SSSR count). The van der Waals surface area contributed by atoms with E-state index in [0.717, 1.165) is 11.8 Å². The highest BCUT2D eigenvalue weighted by atomic mass is 14.3. The molecule has 1 aliphatic carbocycles. The number of rotatable bonds is 10. The minimum Gasteiger partial charge on any atom is -0.0654 e.